The molecular formula is C32H48N4O3. The van der Waals surface area contributed by atoms with Gasteiger partial charge in [-0.15, -0.1) is 0 Å². The lowest BCUT2D eigenvalue weighted by molar-refractivity contribution is -0.191. The molecule has 0 radical (unpaired) electrons. The van der Waals surface area contributed by atoms with Crippen molar-refractivity contribution < 1.29 is 14.3 Å². The lowest BCUT2D eigenvalue weighted by Crippen LogP contribution is -2.73. The summed E-state index contributed by atoms with van der Waals surface area (Å²) in [5.74, 6) is 0.511. The van der Waals surface area contributed by atoms with Gasteiger partial charge in [-0.05, 0) is 77.0 Å². The zero-order valence-electron chi connectivity index (χ0n) is 25.0. The average molecular weight is 537 g/mol. The molecule has 0 aromatic heterocycles. The fraction of sp³-hybridized carbons (Fsp3) is 0.562. The molecule has 1 aliphatic rings. The number of aryl methyl sites for hydroxylation is 1. The maximum atomic E-state index is 13.5. The van der Waals surface area contributed by atoms with Crippen LogP contribution in [0.2, 0.25) is 0 Å². The number of benzene rings is 2. The second kappa shape index (κ2) is 13.9. The summed E-state index contributed by atoms with van der Waals surface area (Å²) in [4.78, 5) is 32.7. The Balaban J connectivity index is 1.70. The van der Waals surface area contributed by atoms with Crippen LogP contribution < -0.4 is 10.1 Å². The molecule has 3 rings (SSSR count). The van der Waals surface area contributed by atoms with E-state index in [0.29, 0.717) is 18.6 Å². The lowest BCUT2D eigenvalue weighted by Gasteiger charge is -2.53. The number of nitrogens with zero attached hydrogens (tertiary/aromatic N) is 3. The number of imide groups is 1. The van der Waals surface area contributed by atoms with Crippen molar-refractivity contribution in [1.29, 1.82) is 0 Å². The number of nitrogens with one attached hydrogen (secondary N) is 1. The minimum Gasteiger partial charge on any atom is -0.469 e. The number of amides is 3. The van der Waals surface area contributed by atoms with Gasteiger partial charge in [-0.3, -0.25) is 4.79 Å². The van der Waals surface area contributed by atoms with Crippen molar-refractivity contribution >= 4 is 11.9 Å². The molecule has 2 aromatic rings. The number of hydrogen-bond acceptors (Lipinski definition) is 5. The standard InChI is InChI=1S/C32H48N4O3/c1-8-11-28(26-16-12-24(4)13-17-26)33-31(38)36-29(37)32(9-2,10-3)30(36)39-27-18-14-25(15-19-27)20-21-35(7)23-22-34(5)6/h12-19,28,30H,8-11,20-23H2,1-7H3,(H,33,38)/t28-,30+/m1/s1. The van der Waals surface area contributed by atoms with Gasteiger partial charge in [0.25, 0.3) is 0 Å². The van der Waals surface area contributed by atoms with Crippen molar-refractivity contribution in [2.45, 2.75) is 72.1 Å². The van der Waals surface area contributed by atoms with Crippen molar-refractivity contribution in [3.05, 3.63) is 65.2 Å². The molecule has 0 unspecified atom stereocenters. The summed E-state index contributed by atoms with van der Waals surface area (Å²) in [5, 5.41) is 3.12. The third-order valence-electron chi connectivity index (χ3n) is 8.07. The van der Waals surface area contributed by atoms with Gasteiger partial charge >= 0.3 is 6.03 Å². The first-order valence-corrected chi connectivity index (χ1v) is 14.4. The van der Waals surface area contributed by atoms with Gasteiger partial charge in [-0.25, -0.2) is 9.69 Å². The van der Waals surface area contributed by atoms with E-state index in [9.17, 15) is 9.59 Å². The molecule has 7 nitrogen and oxygen atoms in total. The third kappa shape index (κ3) is 7.40. The van der Waals surface area contributed by atoms with Gasteiger partial charge in [0.15, 0.2) is 6.23 Å². The minimum atomic E-state index is -0.699. The first-order chi connectivity index (χ1) is 18.6. The number of likely N-dealkylation sites (N-methyl/N-ethyl adjacent to an activating group) is 2. The Bertz CT molecular complexity index is 1060. The molecule has 1 N–H and O–H groups in total. The molecule has 1 heterocycles. The smallest absolute Gasteiger partial charge is 0.327 e. The number of rotatable bonds is 14. The number of ether oxygens (including phenoxy) is 1. The molecule has 3 amide bonds. The van der Waals surface area contributed by atoms with Crippen LogP contribution >= 0.6 is 0 Å². The highest BCUT2D eigenvalue weighted by Gasteiger charge is 2.63. The zero-order chi connectivity index (χ0) is 28.6. The molecule has 1 saturated heterocycles. The van der Waals surface area contributed by atoms with Crippen LogP contribution in [0.1, 0.15) is 69.2 Å². The minimum absolute atomic E-state index is 0.161. The summed E-state index contributed by atoms with van der Waals surface area (Å²) in [5.41, 5.74) is 2.75. The molecule has 0 aliphatic carbocycles. The Morgan fingerprint density at radius 1 is 0.974 bits per heavy atom. The van der Waals surface area contributed by atoms with E-state index < -0.39 is 11.6 Å². The fourth-order valence-electron chi connectivity index (χ4n) is 5.19. The monoisotopic (exact) mass is 536 g/mol. The molecule has 1 aliphatic heterocycles. The Kier molecular flexibility index (Phi) is 11.0. The maximum Gasteiger partial charge on any atom is 0.327 e. The highest BCUT2D eigenvalue weighted by molar-refractivity contribution is 6.03. The number of β-lactam (4-membered cyclic amide) rings is 1. The quantitative estimate of drug-likeness (QED) is 0.317. The highest BCUT2D eigenvalue weighted by atomic mass is 16.5. The van der Waals surface area contributed by atoms with E-state index >= 15 is 0 Å². The molecule has 7 heteroatoms. The molecule has 39 heavy (non-hydrogen) atoms. The van der Waals surface area contributed by atoms with Crippen LogP contribution in [0.3, 0.4) is 0 Å². The summed E-state index contributed by atoms with van der Waals surface area (Å²) in [6.45, 7) is 11.2. The summed E-state index contributed by atoms with van der Waals surface area (Å²) in [7, 11) is 6.33. The van der Waals surface area contributed by atoms with Crippen LogP contribution in [0, 0.1) is 12.3 Å². The van der Waals surface area contributed by atoms with Gasteiger partial charge in [0.1, 0.15) is 11.2 Å². The number of urea groups is 1. The van der Waals surface area contributed by atoms with Gasteiger partial charge in [0, 0.05) is 19.6 Å². The lowest BCUT2D eigenvalue weighted by atomic mass is 9.72. The molecular weight excluding hydrogens is 488 g/mol. The van der Waals surface area contributed by atoms with Gasteiger partial charge < -0.3 is 19.9 Å². The number of carbonyl (C=O) groups is 2. The zero-order valence-corrected chi connectivity index (χ0v) is 25.0. The average Bonchev–Trinajstić information content (AvgIpc) is 2.92. The third-order valence-corrected chi connectivity index (χ3v) is 8.07. The highest BCUT2D eigenvalue weighted by Crippen LogP contribution is 2.46. The first-order valence-electron chi connectivity index (χ1n) is 14.4. The number of hydrogen-bond donors (Lipinski definition) is 1. The summed E-state index contributed by atoms with van der Waals surface area (Å²) < 4.78 is 6.39. The molecule has 2 aromatic carbocycles. The number of carbonyl (C=O) groups excluding carboxylic acids is 2. The largest absolute Gasteiger partial charge is 0.469 e. The van der Waals surface area contributed by atoms with Gasteiger partial charge in [0.05, 0.1) is 6.04 Å². The van der Waals surface area contributed by atoms with Crippen molar-refractivity contribution in [2.24, 2.45) is 5.41 Å². The van der Waals surface area contributed by atoms with Crippen LogP contribution in [-0.4, -0.2) is 73.6 Å². The first kappa shape index (κ1) is 30.6. The molecule has 0 saturated carbocycles. The van der Waals surface area contributed by atoms with Crippen molar-refractivity contribution in [2.75, 3.05) is 40.8 Å². The number of likely N-dealkylation sites (tertiary alicyclic amines) is 1. The predicted molar refractivity (Wildman–Crippen MR) is 158 cm³/mol. The normalized spacial score (nSPS) is 17.3. The van der Waals surface area contributed by atoms with Crippen LogP contribution in [0.4, 0.5) is 4.79 Å². The van der Waals surface area contributed by atoms with E-state index in [2.05, 4.69) is 67.4 Å². The van der Waals surface area contributed by atoms with E-state index in [4.69, 9.17) is 4.74 Å². The Morgan fingerprint density at radius 3 is 2.18 bits per heavy atom. The maximum absolute atomic E-state index is 13.5. The molecule has 214 valence electrons. The summed E-state index contributed by atoms with van der Waals surface area (Å²) >= 11 is 0. The summed E-state index contributed by atoms with van der Waals surface area (Å²) in [6, 6.07) is 15.7. The SMILES string of the molecule is CCC[C@@H](NC(=O)N1C(=O)C(CC)(CC)[C@@H]1Oc1ccc(CCN(C)CCN(C)C)cc1)c1ccc(C)cc1. The second-order valence-corrected chi connectivity index (χ2v) is 11.2. The van der Waals surface area contributed by atoms with Crippen molar-refractivity contribution in [3.8, 4) is 5.75 Å². The van der Waals surface area contributed by atoms with Gasteiger partial charge in [-0.2, -0.15) is 0 Å². The molecule has 0 bridgehead atoms. The van der Waals surface area contributed by atoms with Crippen LogP contribution in [-0.2, 0) is 11.2 Å². The van der Waals surface area contributed by atoms with Crippen LogP contribution in [0.15, 0.2) is 48.5 Å². The van der Waals surface area contributed by atoms with Gasteiger partial charge in [0.2, 0.25) is 5.91 Å². The molecule has 2 atom stereocenters. The predicted octanol–water partition coefficient (Wildman–Crippen LogP) is 5.64. The van der Waals surface area contributed by atoms with Crippen molar-refractivity contribution in [3.63, 3.8) is 0 Å². The topological polar surface area (TPSA) is 65.1 Å². The van der Waals surface area contributed by atoms with Crippen LogP contribution in [0.25, 0.3) is 0 Å². The van der Waals surface area contributed by atoms with E-state index in [-0.39, 0.29) is 18.0 Å². The summed E-state index contributed by atoms with van der Waals surface area (Å²) in [6.07, 6.45) is 3.25. The Morgan fingerprint density at radius 2 is 1.62 bits per heavy atom. The fourth-order valence-corrected chi connectivity index (χ4v) is 5.19. The van der Waals surface area contributed by atoms with Crippen molar-refractivity contribution in [1.82, 2.24) is 20.0 Å². The molecule has 0 spiro atoms. The molecule has 1 fully saturated rings. The Hall–Kier alpha value is -2.90. The van der Waals surface area contributed by atoms with E-state index in [1.807, 2.05) is 45.0 Å². The van der Waals surface area contributed by atoms with Crippen LogP contribution in [0.5, 0.6) is 5.75 Å². The van der Waals surface area contributed by atoms with Gasteiger partial charge in [-0.1, -0.05) is 69.2 Å². The van der Waals surface area contributed by atoms with E-state index in [1.165, 1.54) is 16.0 Å². The van der Waals surface area contributed by atoms with E-state index in [0.717, 1.165) is 44.5 Å². The second-order valence-electron chi connectivity index (χ2n) is 11.2. The Labute approximate surface area is 235 Å². The van der Waals surface area contributed by atoms with E-state index in [1.54, 1.807) is 0 Å².